The molecule has 2 N–H and O–H groups in total. The van der Waals surface area contributed by atoms with Crippen molar-refractivity contribution in [3.05, 3.63) is 53.8 Å². The van der Waals surface area contributed by atoms with Gasteiger partial charge in [-0.05, 0) is 74.4 Å². The first-order chi connectivity index (χ1) is 15.5. The van der Waals surface area contributed by atoms with Crippen LogP contribution < -0.4 is 15.5 Å². The first-order valence-corrected chi connectivity index (χ1v) is 11.5. The molecule has 0 radical (unpaired) electrons. The Morgan fingerprint density at radius 3 is 2.28 bits per heavy atom. The summed E-state index contributed by atoms with van der Waals surface area (Å²) in [4.78, 5) is 30.1. The standard InChI is InChI=1S/C25H31FN4O2/c1-18-10-14-29(15-11-18)23-9-8-21(17-22(23)24(31)30-12-3-2-4-13-30)28-25(32)27-20-7-5-6-19(26)16-20/h5-9,16-18H,2-4,10-15H2,1H3,(H2,27,28,32). The van der Waals surface area contributed by atoms with E-state index in [1.54, 1.807) is 12.1 Å². The van der Waals surface area contributed by atoms with Crippen LogP contribution in [0.15, 0.2) is 42.5 Å². The molecule has 2 fully saturated rings. The van der Waals surface area contributed by atoms with Crippen LogP contribution in [0.25, 0.3) is 0 Å². The number of hydrogen-bond donors (Lipinski definition) is 2. The van der Waals surface area contributed by atoms with Gasteiger partial charge in [0.25, 0.3) is 5.91 Å². The molecular formula is C25H31FN4O2. The van der Waals surface area contributed by atoms with Gasteiger partial charge >= 0.3 is 6.03 Å². The van der Waals surface area contributed by atoms with Crippen molar-refractivity contribution in [2.24, 2.45) is 5.92 Å². The Balaban J connectivity index is 1.55. The van der Waals surface area contributed by atoms with Gasteiger partial charge in [-0.3, -0.25) is 4.79 Å². The summed E-state index contributed by atoms with van der Waals surface area (Å²) in [5.74, 6) is 0.296. The topological polar surface area (TPSA) is 64.7 Å². The Morgan fingerprint density at radius 2 is 1.59 bits per heavy atom. The van der Waals surface area contributed by atoms with Gasteiger partial charge in [-0.15, -0.1) is 0 Å². The van der Waals surface area contributed by atoms with Crippen molar-refractivity contribution in [1.82, 2.24) is 4.90 Å². The Hall–Kier alpha value is -3.09. The Bertz CT molecular complexity index is 966. The molecule has 2 aromatic rings. The smallest absolute Gasteiger partial charge is 0.323 e. The average Bonchev–Trinajstić information content (AvgIpc) is 2.80. The highest BCUT2D eigenvalue weighted by Crippen LogP contribution is 2.30. The first kappa shape index (κ1) is 22.1. The Labute approximate surface area is 188 Å². The second kappa shape index (κ2) is 10.0. The van der Waals surface area contributed by atoms with Gasteiger partial charge in [-0.2, -0.15) is 0 Å². The highest BCUT2D eigenvalue weighted by molar-refractivity contribution is 6.04. The third kappa shape index (κ3) is 5.39. The lowest BCUT2D eigenvalue weighted by Crippen LogP contribution is -2.38. The van der Waals surface area contributed by atoms with Crippen LogP contribution in [0.4, 0.5) is 26.2 Å². The van der Waals surface area contributed by atoms with Crippen molar-refractivity contribution in [2.45, 2.75) is 39.0 Å². The number of halogens is 1. The number of nitrogens with zero attached hydrogens (tertiary/aromatic N) is 2. The van der Waals surface area contributed by atoms with Crippen LogP contribution in [0.3, 0.4) is 0 Å². The van der Waals surface area contributed by atoms with Gasteiger partial charge in [0.05, 0.1) is 5.56 Å². The summed E-state index contributed by atoms with van der Waals surface area (Å²) in [6, 6.07) is 10.8. The molecule has 7 heteroatoms. The fourth-order valence-corrected chi connectivity index (χ4v) is 4.44. The fraction of sp³-hybridized carbons (Fsp3) is 0.440. The minimum atomic E-state index is -0.480. The summed E-state index contributed by atoms with van der Waals surface area (Å²) in [7, 11) is 0. The number of hydrogen-bond acceptors (Lipinski definition) is 3. The van der Waals surface area contributed by atoms with Crippen LogP contribution in [-0.4, -0.2) is 43.0 Å². The number of anilines is 3. The van der Waals surface area contributed by atoms with Gasteiger partial charge in [-0.1, -0.05) is 13.0 Å². The molecule has 32 heavy (non-hydrogen) atoms. The highest BCUT2D eigenvalue weighted by Gasteiger charge is 2.25. The molecule has 3 amide bonds. The molecule has 2 saturated heterocycles. The normalized spacial score (nSPS) is 17.2. The van der Waals surface area contributed by atoms with Crippen molar-refractivity contribution in [2.75, 3.05) is 41.7 Å². The third-order valence-electron chi connectivity index (χ3n) is 6.33. The summed E-state index contributed by atoms with van der Waals surface area (Å²) in [5.41, 5.74) is 2.47. The Kier molecular flexibility index (Phi) is 6.93. The third-order valence-corrected chi connectivity index (χ3v) is 6.33. The molecule has 2 aliphatic heterocycles. The van der Waals surface area contributed by atoms with Crippen molar-refractivity contribution >= 4 is 29.0 Å². The van der Waals surface area contributed by atoms with E-state index in [0.29, 0.717) is 22.9 Å². The summed E-state index contributed by atoms with van der Waals surface area (Å²) < 4.78 is 13.4. The molecule has 0 spiro atoms. The van der Waals surface area contributed by atoms with Crippen molar-refractivity contribution in [1.29, 1.82) is 0 Å². The van der Waals surface area contributed by atoms with E-state index in [9.17, 15) is 14.0 Å². The Morgan fingerprint density at radius 1 is 0.906 bits per heavy atom. The van der Waals surface area contributed by atoms with E-state index < -0.39 is 11.8 Å². The van der Waals surface area contributed by atoms with E-state index in [4.69, 9.17) is 0 Å². The molecule has 6 nitrogen and oxygen atoms in total. The van der Waals surface area contributed by atoms with E-state index in [1.165, 1.54) is 18.2 Å². The SMILES string of the molecule is CC1CCN(c2ccc(NC(=O)Nc3cccc(F)c3)cc2C(=O)N2CCCCC2)CC1. The summed E-state index contributed by atoms with van der Waals surface area (Å²) in [5, 5.41) is 5.41. The average molecular weight is 439 g/mol. The lowest BCUT2D eigenvalue weighted by molar-refractivity contribution is 0.0725. The molecule has 170 valence electrons. The van der Waals surface area contributed by atoms with Gasteiger partial charge in [0.1, 0.15) is 5.82 Å². The molecule has 0 aliphatic carbocycles. The number of amides is 3. The zero-order chi connectivity index (χ0) is 22.5. The van der Waals surface area contributed by atoms with E-state index in [2.05, 4.69) is 22.5 Å². The van der Waals surface area contributed by atoms with E-state index in [1.807, 2.05) is 17.0 Å². The second-order valence-corrected chi connectivity index (χ2v) is 8.84. The fourth-order valence-electron chi connectivity index (χ4n) is 4.44. The molecule has 2 aliphatic rings. The predicted octanol–water partition coefficient (Wildman–Crippen LogP) is 5.33. The van der Waals surface area contributed by atoms with E-state index >= 15 is 0 Å². The van der Waals surface area contributed by atoms with Gasteiger partial charge in [0, 0.05) is 43.2 Å². The zero-order valence-corrected chi connectivity index (χ0v) is 18.6. The molecule has 0 atom stereocenters. The predicted molar refractivity (Wildman–Crippen MR) is 126 cm³/mol. The van der Waals surface area contributed by atoms with Crippen molar-refractivity contribution in [3.8, 4) is 0 Å². The van der Waals surface area contributed by atoms with Gasteiger partial charge in [0.2, 0.25) is 0 Å². The number of benzene rings is 2. The minimum absolute atomic E-state index is 0.0208. The quantitative estimate of drug-likeness (QED) is 0.678. The van der Waals surface area contributed by atoms with Crippen LogP contribution in [0.1, 0.15) is 49.4 Å². The number of carbonyl (C=O) groups is 2. The number of rotatable bonds is 4. The maximum absolute atomic E-state index is 13.4. The molecule has 0 saturated carbocycles. The molecular weight excluding hydrogens is 407 g/mol. The van der Waals surface area contributed by atoms with E-state index in [0.717, 1.165) is 64.0 Å². The summed E-state index contributed by atoms with van der Waals surface area (Å²) in [6.45, 7) is 5.66. The zero-order valence-electron chi connectivity index (χ0n) is 18.6. The maximum atomic E-state index is 13.4. The van der Waals surface area contributed by atoms with Crippen LogP contribution in [0.2, 0.25) is 0 Å². The summed E-state index contributed by atoms with van der Waals surface area (Å²) in [6.07, 6.45) is 5.41. The van der Waals surface area contributed by atoms with Crippen LogP contribution in [0, 0.1) is 11.7 Å². The monoisotopic (exact) mass is 438 g/mol. The van der Waals surface area contributed by atoms with Crippen LogP contribution in [0.5, 0.6) is 0 Å². The second-order valence-electron chi connectivity index (χ2n) is 8.84. The van der Waals surface area contributed by atoms with Gasteiger partial charge < -0.3 is 20.4 Å². The van der Waals surface area contributed by atoms with Gasteiger partial charge in [-0.25, -0.2) is 9.18 Å². The number of likely N-dealkylation sites (tertiary alicyclic amines) is 1. The molecule has 4 rings (SSSR count). The molecule has 0 aromatic heterocycles. The lowest BCUT2D eigenvalue weighted by atomic mass is 9.97. The number of piperidine rings is 2. The molecule has 2 heterocycles. The van der Waals surface area contributed by atoms with Gasteiger partial charge in [0.15, 0.2) is 0 Å². The van der Waals surface area contributed by atoms with Crippen molar-refractivity contribution < 1.29 is 14.0 Å². The van der Waals surface area contributed by atoms with Crippen molar-refractivity contribution in [3.63, 3.8) is 0 Å². The van der Waals surface area contributed by atoms with E-state index in [-0.39, 0.29) is 5.91 Å². The summed E-state index contributed by atoms with van der Waals surface area (Å²) >= 11 is 0. The highest BCUT2D eigenvalue weighted by atomic mass is 19.1. The molecule has 0 unspecified atom stereocenters. The van der Waals surface area contributed by atoms with Crippen LogP contribution >= 0.6 is 0 Å². The number of carbonyl (C=O) groups excluding carboxylic acids is 2. The maximum Gasteiger partial charge on any atom is 0.323 e. The largest absolute Gasteiger partial charge is 0.371 e. The first-order valence-electron chi connectivity index (χ1n) is 11.5. The minimum Gasteiger partial charge on any atom is -0.371 e. The van der Waals surface area contributed by atoms with Crippen LogP contribution in [-0.2, 0) is 0 Å². The molecule has 0 bridgehead atoms. The molecule has 2 aromatic carbocycles. The number of urea groups is 1. The number of nitrogens with one attached hydrogen (secondary N) is 2. The lowest BCUT2D eigenvalue weighted by Gasteiger charge is -2.35.